The van der Waals surface area contributed by atoms with Crippen LogP contribution in [0.3, 0.4) is 0 Å². The van der Waals surface area contributed by atoms with Gasteiger partial charge in [0.15, 0.2) is 0 Å². The van der Waals surface area contributed by atoms with E-state index in [0.717, 1.165) is 12.8 Å². The number of carbonyl (C=O) groups is 2. The van der Waals surface area contributed by atoms with Gasteiger partial charge in [0, 0.05) is 32.7 Å². The van der Waals surface area contributed by atoms with Crippen LogP contribution in [0.1, 0.15) is 47.7 Å². The molecule has 0 aliphatic heterocycles. The predicted molar refractivity (Wildman–Crippen MR) is 91.9 cm³/mol. The Kier molecular flexibility index (Phi) is 6.31. The molecule has 0 bridgehead atoms. The van der Waals surface area contributed by atoms with Crippen LogP contribution in [0.25, 0.3) is 0 Å². The summed E-state index contributed by atoms with van der Waals surface area (Å²) in [4.78, 5) is 30.7. The fourth-order valence-corrected chi connectivity index (χ4v) is 2.92. The standard InChI is InChI=1S/C18H27N3O3/c1-12(2)10-21(3)18(23)16-7-5-6-15(19-16)17(22)20-14-9-8-13(14)11-24-4/h5-7,12-14H,8-11H2,1-4H3,(H,20,22)/t13-,14-/m1/s1. The van der Waals surface area contributed by atoms with Crippen molar-refractivity contribution in [2.45, 2.75) is 32.7 Å². The lowest BCUT2D eigenvalue weighted by Crippen LogP contribution is -2.48. The number of nitrogens with one attached hydrogen (secondary N) is 1. The molecule has 2 rings (SSSR count). The Hall–Kier alpha value is -1.95. The van der Waals surface area contributed by atoms with Crippen LogP contribution < -0.4 is 5.32 Å². The van der Waals surface area contributed by atoms with E-state index < -0.39 is 0 Å². The van der Waals surface area contributed by atoms with E-state index in [4.69, 9.17) is 4.74 Å². The van der Waals surface area contributed by atoms with Crippen molar-refractivity contribution in [3.05, 3.63) is 29.6 Å². The van der Waals surface area contributed by atoms with E-state index in [2.05, 4.69) is 24.1 Å². The van der Waals surface area contributed by atoms with Crippen molar-refractivity contribution in [2.75, 3.05) is 27.3 Å². The van der Waals surface area contributed by atoms with E-state index in [1.165, 1.54) is 0 Å². The second-order valence-electron chi connectivity index (χ2n) is 6.86. The lowest BCUT2D eigenvalue weighted by Gasteiger charge is -2.36. The molecule has 1 aliphatic carbocycles. The van der Waals surface area contributed by atoms with Crippen LogP contribution in [0.15, 0.2) is 18.2 Å². The summed E-state index contributed by atoms with van der Waals surface area (Å²) in [5.74, 6) is 0.337. The number of methoxy groups -OCH3 is 1. The molecule has 2 atom stereocenters. The summed E-state index contributed by atoms with van der Waals surface area (Å²) in [5.41, 5.74) is 0.578. The van der Waals surface area contributed by atoms with E-state index in [1.807, 2.05) is 0 Å². The van der Waals surface area contributed by atoms with Crippen LogP contribution in [0.5, 0.6) is 0 Å². The van der Waals surface area contributed by atoms with Gasteiger partial charge in [-0.2, -0.15) is 0 Å². The Balaban J connectivity index is 2.01. The zero-order valence-electron chi connectivity index (χ0n) is 14.9. The maximum absolute atomic E-state index is 12.4. The summed E-state index contributed by atoms with van der Waals surface area (Å²) in [6.45, 7) is 5.40. The molecule has 24 heavy (non-hydrogen) atoms. The molecule has 0 unspecified atom stereocenters. The number of hydrogen-bond acceptors (Lipinski definition) is 4. The van der Waals surface area contributed by atoms with E-state index in [-0.39, 0.29) is 23.6 Å². The first kappa shape index (κ1) is 18.4. The largest absolute Gasteiger partial charge is 0.384 e. The smallest absolute Gasteiger partial charge is 0.272 e. The van der Waals surface area contributed by atoms with Gasteiger partial charge in [0.1, 0.15) is 11.4 Å². The van der Waals surface area contributed by atoms with Gasteiger partial charge in [-0.15, -0.1) is 0 Å². The van der Waals surface area contributed by atoms with Crippen molar-refractivity contribution in [1.82, 2.24) is 15.2 Å². The molecule has 2 amide bonds. The highest BCUT2D eigenvalue weighted by molar-refractivity contribution is 5.96. The number of amides is 2. The molecule has 132 valence electrons. The van der Waals surface area contributed by atoms with Crippen LogP contribution in [0.4, 0.5) is 0 Å². The van der Waals surface area contributed by atoms with Crippen molar-refractivity contribution in [3.63, 3.8) is 0 Å². The van der Waals surface area contributed by atoms with E-state index in [1.54, 1.807) is 37.3 Å². The number of nitrogens with zero attached hydrogens (tertiary/aromatic N) is 2. The monoisotopic (exact) mass is 333 g/mol. The molecule has 1 fully saturated rings. The average molecular weight is 333 g/mol. The van der Waals surface area contributed by atoms with Crippen molar-refractivity contribution in [1.29, 1.82) is 0 Å². The summed E-state index contributed by atoms with van der Waals surface area (Å²) in [5, 5.41) is 2.99. The van der Waals surface area contributed by atoms with E-state index in [0.29, 0.717) is 30.7 Å². The SMILES string of the molecule is COC[C@H]1CC[C@H]1NC(=O)c1cccc(C(=O)N(C)CC(C)C)n1. The summed E-state index contributed by atoms with van der Waals surface area (Å²) >= 11 is 0. The lowest BCUT2D eigenvalue weighted by molar-refractivity contribution is 0.0667. The highest BCUT2D eigenvalue weighted by Gasteiger charge is 2.32. The minimum atomic E-state index is -0.234. The highest BCUT2D eigenvalue weighted by Crippen LogP contribution is 2.27. The fourth-order valence-electron chi connectivity index (χ4n) is 2.92. The Morgan fingerprint density at radius 3 is 2.62 bits per heavy atom. The molecule has 1 saturated carbocycles. The zero-order chi connectivity index (χ0) is 17.7. The number of hydrogen-bond donors (Lipinski definition) is 1. The Morgan fingerprint density at radius 2 is 2.04 bits per heavy atom. The van der Waals surface area contributed by atoms with Crippen LogP contribution >= 0.6 is 0 Å². The summed E-state index contributed by atoms with van der Waals surface area (Å²) in [7, 11) is 3.42. The average Bonchev–Trinajstić information content (AvgIpc) is 2.55. The first-order valence-electron chi connectivity index (χ1n) is 8.44. The molecule has 6 nitrogen and oxygen atoms in total. The number of rotatable bonds is 7. The Morgan fingerprint density at radius 1 is 1.33 bits per heavy atom. The third-order valence-electron chi connectivity index (χ3n) is 4.30. The predicted octanol–water partition coefficient (Wildman–Crippen LogP) is 1.96. The quantitative estimate of drug-likeness (QED) is 0.828. The number of aromatic nitrogens is 1. The third-order valence-corrected chi connectivity index (χ3v) is 4.30. The van der Waals surface area contributed by atoms with Gasteiger partial charge in [0.2, 0.25) is 0 Å². The molecular formula is C18H27N3O3. The van der Waals surface area contributed by atoms with Gasteiger partial charge in [-0.3, -0.25) is 9.59 Å². The fraction of sp³-hybridized carbons (Fsp3) is 0.611. The van der Waals surface area contributed by atoms with Crippen LogP contribution in [0.2, 0.25) is 0 Å². The van der Waals surface area contributed by atoms with Gasteiger partial charge in [-0.25, -0.2) is 4.98 Å². The third kappa shape index (κ3) is 4.54. The van der Waals surface area contributed by atoms with Gasteiger partial charge in [0.25, 0.3) is 11.8 Å². The second kappa shape index (κ2) is 8.24. The molecule has 1 aliphatic rings. The topological polar surface area (TPSA) is 71.5 Å². The molecule has 0 aromatic carbocycles. The van der Waals surface area contributed by atoms with Gasteiger partial charge < -0.3 is 15.0 Å². The first-order chi connectivity index (χ1) is 11.4. The molecule has 1 aromatic heterocycles. The van der Waals surface area contributed by atoms with Crippen LogP contribution in [-0.4, -0.2) is 55.0 Å². The molecule has 1 heterocycles. The molecule has 0 spiro atoms. The summed E-state index contributed by atoms with van der Waals surface area (Å²) < 4.78 is 5.15. The molecule has 1 aromatic rings. The maximum Gasteiger partial charge on any atom is 0.272 e. The number of carbonyl (C=O) groups excluding carboxylic acids is 2. The number of ether oxygens (including phenoxy) is 1. The molecule has 0 saturated heterocycles. The Labute approximate surface area is 143 Å². The minimum absolute atomic E-state index is 0.127. The van der Waals surface area contributed by atoms with Crippen molar-refractivity contribution < 1.29 is 14.3 Å². The second-order valence-corrected chi connectivity index (χ2v) is 6.86. The van der Waals surface area contributed by atoms with Crippen molar-refractivity contribution >= 4 is 11.8 Å². The minimum Gasteiger partial charge on any atom is -0.384 e. The summed E-state index contributed by atoms with van der Waals surface area (Å²) in [6.07, 6.45) is 2.01. The van der Waals surface area contributed by atoms with Gasteiger partial charge in [0.05, 0.1) is 6.61 Å². The van der Waals surface area contributed by atoms with Gasteiger partial charge >= 0.3 is 0 Å². The van der Waals surface area contributed by atoms with Crippen molar-refractivity contribution in [2.24, 2.45) is 11.8 Å². The maximum atomic E-state index is 12.4. The molecular weight excluding hydrogens is 306 g/mol. The zero-order valence-corrected chi connectivity index (χ0v) is 14.9. The van der Waals surface area contributed by atoms with E-state index in [9.17, 15) is 9.59 Å². The highest BCUT2D eigenvalue weighted by atomic mass is 16.5. The lowest BCUT2D eigenvalue weighted by atomic mass is 9.80. The number of pyridine rings is 1. The molecule has 0 radical (unpaired) electrons. The Bertz CT molecular complexity index is 589. The van der Waals surface area contributed by atoms with Crippen molar-refractivity contribution in [3.8, 4) is 0 Å². The van der Waals surface area contributed by atoms with Gasteiger partial charge in [-0.05, 0) is 30.9 Å². The van der Waals surface area contributed by atoms with Crippen LogP contribution in [0, 0.1) is 11.8 Å². The summed E-state index contributed by atoms with van der Waals surface area (Å²) in [6, 6.07) is 5.11. The normalized spacial score (nSPS) is 19.7. The van der Waals surface area contributed by atoms with Gasteiger partial charge in [-0.1, -0.05) is 19.9 Å². The van der Waals surface area contributed by atoms with Crippen LogP contribution in [-0.2, 0) is 4.74 Å². The van der Waals surface area contributed by atoms with E-state index >= 15 is 0 Å². The molecule has 6 heteroatoms. The molecule has 1 N–H and O–H groups in total. The first-order valence-corrected chi connectivity index (χ1v) is 8.44.